The van der Waals surface area contributed by atoms with Gasteiger partial charge in [-0.3, -0.25) is 0 Å². The van der Waals surface area contributed by atoms with Gasteiger partial charge in [0.15, 0.2) is 0 Å². The first-order valence-electron chi connectivity index (χ1n) is 2.59. The third-order valence-electron chi connectivity index (χ3n) is 1.06. The second-order valence-electron chi connectivity index (χ2n) is 1.83. The van der Waals surface area contributed by atoms with Crippen LogP contribution in [0.1, 0.15) is 13.8 Å². The largest absolute Gasteiger partial charge is 0.232 e. The van der Waals surface area contributed by atoms with Crippen LogP contribution in [0, 0.1) is 0 Å². The molecule has 0 heterocycles. The molecule has 0 bridgehead atoms. The first-order chi connectivity index (χ1) is 3.68. The van der Waals surface area contributed by atoms with E-state index in [-0.39, 0.29) is 6.61 Å². The lowest BCUT2D eigenvalue weighted by molar-refractivity contribution is 0.232. The van der Waals surface area contributed by atoms with E-state index in [1.165, 1.54) is 0 Å². The standard InChI is InChI=1S/C7H11O/c1-6(2)7(3)4-5-8/h4H,1,5H2,2-3H3. The summed E-state index contributed by atoms with van der Waals surface area (Å²) in [5.74, 6) is 0. The molecule has 1 heteroatoms. The molecule has 0 aliphatic heterocycles. The Morgan fingerprint density at radius 3 is 2.25 bits per heavy atom. The number of allylic oxidation sites excluding steroid dienone is 2. The Bertz CT molecular complexity index is 112. The molecule has 0 aromatic rings. The Kier molecular flexibility index (Phi) is 3.20. The van der Waals surface area contributed by atoms with Crippen molar-refractivity contribution < 1.29 is 5.11 Å². The van der Waals surface area contributed by atoms with E-state index in [1.807, 2.05) is 13.8 Å². The van der Waals surface area contributed by atoms with Crippen LogP contribution in [-0.4, -0.2) is 6.61 Å². The lowest BCUT2D eigenvalue weighted by Crippen LogP contribution is -1.78. The Morgan fingerprint density at radius 1 is 1.62 bits per heavy atom. The molecule has 0 saturated carbocycles. The zero-order valence-corrected chi connectivity index (χ0v) is 5.40. The lowest BCUT2D eigenvalue weighted by atomic mass is 10.1. The van der Waals surface area contributed by atoms with Crippen molar-refractivity contribution in [2.45, 2.75) is 13.8 Å². The fourth-order valence-electron chi connectivity index (χ4n) is 0.299. The van der Waals surface area contributed by atoms with Crippen molar-refractivity contribution in [1.82, 2.24) is 0 Å². The molecule has 0 saturated heterocycles. The molecule has 1 radical (unpaired) electrons. The van der Waals surface area contributed by atoms with Crippen LogP contribution < -0.4 is 0 Å². The third-order valence-corrected chi connectivity index (χ3v) is 1.06. The van der Waals surface area contributed by atoms with Crippen molar-refractivity contribution in [3.05, 3.63) is 23.8 Å². The van der Waals surface area contributed by atoms with Crippen LogP contribution in [0.5, 0.6) is 0 Å². The van der Waals surface area contributed by atoms with E-state index in [2.05, 4.69) is 6.58 Å². The fraction of sp³-hybridized carbons (Fsp3) is 0.429. The van der Waals surface area contributed by atoms with Crippen molar-refractivity contribution in [1.29, 1.82) is 0 Å². The molecule has 0 amide bonds. The molecule has 0 atom stereocenters. The Morgan fingerprint density at radius 2 is 2.12 bits per heavy atom. The highest BCUT2D eigenvalue weighted by Crippen LogP contribution is 2.02. The van der Waals surface area contributed by atoms with Crippen molar-refractivity contribution in [2.75, 3.05) is 6.61 Å². The highest BCUT2D eigenvalue weighted by atomic mass is 16.2. The van der Waals surface area contributed by atoms with Gasteiger partial charge in [-0.05, 0) is 13.8 Å². The van der Waals surface area contributed by atoms with Gasteiger partial charge in [0.05, 0.1) is 0 Å². The van der Waals surface area contributed by atoms with Crippen molar-refractivity contribution in [2.24, 2.45) is 0 Å². The van der Waals surface area contributed by atoms with Gasteiger partial charge in [0.1, 0.15) is 6.61 Å². The number of hydrogen-bond donors (Lipinski definition) is 0. The molecule has 0 fully saturated rings. The van der Waals surface area contributed by atoms with Gasteiger partial charge in [-0.25, -0.2) is 5.11 Å². The van der Waals surface area contributed by atoms with Gasteiger partial charge in [0.2, 0.25) is 0 Å². The van der Waals surface area contributed by atoms with Gasteiger partial charge in [-0.2, -0.15) is 0 Å². The Labute approximate surface area is 50.3 Å². The summed E-state index contributed by atoms with van der Waals surface area (Å²) in [5.41, 5.74) is 1.97. The molecular weight excluding hydrogens is 100 g/mol. The summed E-state index contributed by atoms with van der Waals surface area (Å²) in [6.07, 6.45) is 1.63. The maximum atomic E-state index is 9.93. The molecule has 0 spiro atoms. The summed E-state index contributed by atoms with van der Waals surface area (Å²) in [7, 11) is 0. The van der Waals surface area contributed by atoms with Gasteiger partial charge < -0.3 is 0 Å². The van der Waals surface area contributed by atoms with Crippen molar-refractivity contribution >= 4 is 0 Å². The molecule has 0 aliphatic carbocycles. The van der Waals surface area contributed by atoms with Gasteiger partial charge >= 0.3 is 0 Å². The third kappa shape index (κ3) is 2.59. The van der Waals surface area contributed by atoms with E-state index in [0.717, 1.165) is 11.1 Å². The number of rotatable bonds is 2. The van der Waals surface area contributed by atoms with Gasteiger partial charge in [0.25, 0.3) is 0 Å². The molecule has 0 unspecified atom stereocenters. The molecule has 45 valence electrons. The summed E-state index contributed by atoms with van der Waals surface area (Å²) in [5, 5.41) is 9.93. The smallest absolute Gasteiger partial charge is 0.101 e. The van der Waals surface area contributed by atoms with Crippen molar-refractivity contribution in [3.8, 4) is 0 Å². The van der Waals surface area contributed by atoms with Crippen LogP contribution in [0.3, 0.4) is 0 Å². The van der Waals surface area contributed by atoms with E-state index in [1.54, 1.807) is 6.08 Å². The topological polar surface area (TPSA) is 19.9 Å². The lowest BCUT2D eigenvalue weighted by Gasteiger charge is -1.93. The van der Waals surface area contributed by atoms with E-state index in [4.69, 9.17) is 0 Å². The molecule has 0 rings (SSSR count). The molecule has 0 aliphatic rings. The fourth-order valence-corrected chi connectivity index (χ4v) is 0.299. The summed E-state index contributed by atoms with van der Waals surface area (Å²) >= 11 is 0. The van der Waals surface area contributed by atoms with Crippen molar-refractivity contribution in [3.63, 3.8) is 0 Å². The van der Waals surface area contributed by atoms with Crippen LogP contribution in [0.4, 0.5) is 0 Å². The van der Waals surface area contributed by atoms with Crippen LogP contribution in [-0.2, 0) is 5.11 Å². The molecule has 0 aromatic heterocycles. The predicted molar refractivity (Wildman–Crippen MR) is 34.1 cm³/mol. The summed E-state index contributed by atoms with van der Waals surface area (Å²) in [6, 6.07) is 0. The maximum Gasteiger partial charge on any atom is 0.101 e. The Hall–Kier alpha value is -0.560. The minimum absolute atomic E-state index is 0.140. The SMILES string of the molecule is C=C(C)C(C)=CC[O]. The summed E-state index contributed by atoms with van der Waals surface area (Å²) in [4.78, 5) is 0. The first kappa shape index (κ1) is 7.44. The minimum atomic E-state index is -0.140. The molecule has 8 heavy (non-hydrogen) atoms. The molecule has 0 N–H and O–H groups in total. The highest BCUT2D eigenvalue weighted by molar-refractivity contribution is 5.23. The average Bonchev–Trinajstić information content (AvgIpc) is 1.67. The Balaban J connectivity index is 3.80. The second kappa shape index (κ2) is 3.44. The van der Waals surface area contributed by atoms with E-state index >= 15 is 0 Å². The van der Waals surface area contributed by atoms with Crippen LogP contribution in [0.25, 0.3) is 0 Å². The first-order valence-corrected chi connectivity index (χ1v) is 2.59. The van der Waals surface area contributed by atoms with E-state index in [9.17, 15) is 5.11 Å². The number of hydrogen-bond acceptors (Lipinski definition) is 0. The monoisotopic (exact) mass is 111 g/mol. The normalized spacial score (nSPS) is 11.6. The molecule has 0 aromatic carbocycles. The zero-order valence-electron chi connectivity index (χ0n) is 5.40. The van der Waals surface area contributed by atoms with Crippen LogP contribution in [0.15, 0.2) is 23.8 Å². The van der Waals surface area contributed by atoms with E-state index in [0.29, 0.717) is 0 Å². The second-order valence-corrected chi connectivity index (χ2v) is 1.83. The minimum Gasteiger partial charge on any atom is -0.232 e. The van der Waals surface area contributed by atoms with Crippen LogP contribution >= 0.6 is 0 Å². The summed E-state index contributed by atoms with van der Waals surface area (Å²) < 4.78 is 0. The quantitative estimate of drug-likeness (QED) is 0.485. The van der Waals surface area contributed by atoms with Crippen LogP contribution in [0.2, 0.25) is 0 Å². The molecular formula is C7H11O. The van der Waals surface area contributed by atoms with Gasteiger partial charge in [-0.1, -0.05) is 23.8 Å². The average molecular weight is 111 g/mol. The summed E-state index contributed by atoms with van der Waals surface area (Å²) in [6.45, 7) is 7.31. The van der Waals surface area contributed by atoms with Gasteiger partial charge in [0, 0.05) is 0 Å². The highest BCUT2D eigenvalue weighted by Gasteiger charge is 1.84. The zero-order chi connectivity index (χ0) is 6.57. The maximum absolute atomic E-state index is 9.93. The molecule has 1 nitrogen and oxygen atoms in total. The van der Waals surface area contributed by atoms with Gasteiger partial charge in [-0.15, -0.1) is 0 Å². The predicted octanol–water partition coefficient (Wildman–Crippen LogP) is 1.94. The van der Waals surface area contributed by atoms with E-state index < -0.39 is 0 Å².